The van der Waals surface area contributed by atoms with Crippen LogP contribution in [0.2, 0.25) is 0 Å². The van der Waals surface area contributed by atoms with E-state index in [4.69, 9.17) is 0 Å². The number of hydrogen-bond donors (Lipinski definition) is 1. The van der Waals surface area contributed by atoms with Gasteiger partial charge in [-0.05, 0) is 43.5 Å². The zero-order valence-corrected chi connectivity index (χ0v) is 17.3. The van der Waals surface area contributed by atoms with Crippen molar-refractivity contribution >= 4 is 21.8 Å². The summed E-state index contributed by atoms with van der Waals surface area (Å²) in [7, 11) is -0.897. The molecule has 0 heterocycles. The molecule has 27 heavy (non-hydrogen) atoms. The first-order valence-corrected chi connectivity index (χ1v) is 10.1. The number of aryl methyl sites for hydroxylation is 3. The molecule has 0 aliphatic carbocycles. The van der Waals surface area contributed by atoms with Crippen LogP contribution in [0.15, 0.2) is 42.5 Å². The normalized spacial score (nSPS) is 11.5. The SMILES string of the molecule is Cc1ccc(CNC(=O)CN(c2cc(C)ccc2C)S(=O)(=O)N(C)C)cc1. The lowest BCUT2D eigenvalue weighted by Crippen LogP contribution is -2.46. The summed E-state index contributed by atoms with van der Waals surface area (Å²) in [5.41, 5.74) is 4.33. The molecule has 2 aromatic rings. The fourth-order valence-corrected chi connectivity index (χ4v) is 3.69. The number of carbonyl (C=O) groups is 1. The van der Waals surface area contributed by atoms with Crippen LogP contribution in [-0.2, 0) is 21.5 Å². The molecule has 0 aromatic heterocycles. The second-order valence-electron chi connectivity index (χ2n) is 6.85. The van der Waals surface area contributed by atoms with Crippen LogP contribution in [0.5, 0.6) is 0 Å². The van der Waals surface area contributed by atoms with Crippen LogP contribution in [0.4, 0.5) is 5.69 Å². The number of hydrogen-bond acceptors (Lipinski definition) is 3. The number of nitrogens with one attached hydrogen (secondary N) is 1. The van der Waals surface area contributed by atoms with Crippen molar-refractivity contribution in [3.63, 3.8) is 0 Å². The summed E-state index contributed by atoms with van der Waals surface area (Å²) in [6, 6.07) is 13.4. The van der Waals surface area contributed by atoms with Gasteiger partial charge in [0, 0.05) is 20.6 Å². The van der Waals surface area contributed by atoms with Crippen molar-refractivity contribution in [2.24, 2.45) is 0 Å². The first-order chi connectivity index (χ1) is 12.6. The average Bonchev–Trinajstić information content (AvgIpc) is 2.61. The molecule has 146 valence electrons. The first-order valence-electron chi connectivity index (χ1n) is 8.71. The van der Waals surface area contributed by atoms with Crippen molar-refractivity contribution in [1.82, 2.24) is 9.62 Å². The highest BCUT2D eigenvalue weighted by Crippen LogP contribution is 2.25. The lowest BCUT2D eigenvalue weighted by molar-refractivity contribution is -0.119. The monoisotopic (exact) mass is 389 g/mol. The summed E-state index contributed by atoms with van der Waals surface area (Å²) in [6.45, 7) is 5.78. The van der Waals surface area contributed by atoms with E-state index in [2.05, 4.69) is 5.32 Å². The van der Waals surface area contributed by atoms with E-state index in [0.29, 0.717) is 12.2 Å². The highest BCUT2D eigenvalue weighted by Gasteiger charge is 2.28. The Labute approximate surface area is 162 Å². The molecule has 0 unspecified atom stereocenters. The maximum atomic E-state index is 12.8. The smallest absolute Gasteiger partial charge is 0.304 e. The van der Waals surface area contributed by atoms with Crippen LogP contribution in [-0.4, -0.2) is 39.3 Å². The van der Waals surface area contributed by atoms with E-state index < -0.39 is 10.2 Å². The van der Waals surface area contributed by atoms with Crippen molar-refractivity contribution in [2.45, 2.75) is 27.3 Å². The van der Waals surface area contributed by atoms with Gasteiger partial charge in [-0.3, -0.25) is 4.79 Å². The molecule has 0 aliphatic heterocycles. The zero-order valence-electron chi connectivity index (χ0n) is 16.5. The Kier molecular flexibility index (Phi) is 6.62. The van der Waals surface area contributed by atoms with Gasteiger partial charge in [-0.25, -0.2) is 4.31 Å². The molecule has 0 atom stereocenters. The van der Waals surface area contributed by atoms with Gasteiger partial charge in [-0.2, -0.15) is 12.7 Å². The quantitative estimate of drug-likeness (QED) is 0.791. The largest absolute Gasteiger partial charge is 0.350 e. The number of amides is 1. The minimum Gasteiger partial charge on any atom is -0.350 e. The topological polar surface area (TPSA) is 69.7 Å². The fraction of sp³-hybridized carbons (Fsp3) is 0.350. The van der Waals surface area contributed by atoms with Crippen LogP contribution >= 0.6 is 0 Å². The summed E-state index contributed by atoms with van der Waals surface area (Å²) >= 11 is 0. The molecule has 2 rings (SSSR count). The van der Waals surface area contributed by atoms with Crippen molar-refractivity contribution in [2.75, 3.05) is 24.9 Å². The molecule has 0 aliphatic rings. The molecule has 2 aromatic carbocycles. The van der Waals surface area contributed by atoms with Gasteiger partial charge in [-0.1, -0.05) is 42.0 Å². The molecule has 1 N–H and O–H groups in total. The zero-order chi connectivity index (χ0) is 20.2. The third-order valence-corrected chi connectivity index (χ3v) is 6.08. The summed E-state index contributed by atoms with van der Waals surface area (Å²) in [4.78, 5) is 12.5. The van der Waals surface area contributed by atoms with Gasteiger partial charge in [-0.15, -0.1) is 0 Å². The molecule has 1 amide bonds. The first kappa shape index (κ1) is 20.9. The number of carbonyl (C=O) groups excluding carboxylic acids is 1. The van der Waals surface area contributed by atoms with Crippen LogP contribution in [0.1, 0.15) is 22.3 Å². The minimum absolute atomic E-state index is 0.281. The van der Waals surface area contributed by atoms with E-state index in [-0.39, 0.29) is 12.5 Å². The van der Waals surface area contributed by atoms with E-state index in [9.17, 15) is 13.2 Å². The Morgan fingerprint density at radius 1 is 0.963 bits per heavy atom. The Morgan fingerprint density at radius 2 is 1.56 bits per heavy atom. The van der Waals surface area contributed by atoms with Crippen LogP contribution in [0, 0.1) is 20.8 Å². The van der Waals surface area contributed by atoms with Gasteiger partial charge in [0.2, 0.25) is 5.91 Å². The van der Waals surface area contributed by atoms with Gasteiger partial charge < -0.3 is 5.32 Å². The number of rotatable bonds is 7. The van der Waals surface area contributed by atoms with Gasteiger partial charge >= 0.3 is 10.2 Å². The highest BCUT2D eigenvalue weighted by atomic mass is 32.2. The number of benzene rings is 2. The molecule has 0 bridgehead atoms. The summed E-state index contributed by atoms with van der Waals surface area (Å²) in [5.74, 6) is -0.359. The van der Waals surface area contributed by atoms with E-state index in [1.807, 2.05) is 57.2 Å². The molecule has 0 radical (unpaired) electrons. The molecular formula is C20H27N3O3S. The van der Waals surface area contributed by atoms with Crippen LogP contribution in [0.3, 0.4) is 0 Å². The Morgan fingerprint density at radius 3 is 2.15 bits per heavy atom. The molecule has 7 heteroatoms. The fourth-order valence-electron chi connectivity index (χ4n) is 2.57. The molecule has 0 fully saturated rings. The van der Waals surface area contributed by atoms with E-state index in [1.165, 1.54) is 14.1 Å². The lowest BCUT2D eigenvalue weighted by atomic mass is 10.1. The third-order valence-electron chi connectivity index (χ3n) is 4.27. The predicted molar refractivity (Wildman–Crippen MR) is 109 cm³/mol. The molecule has 6 nitrogen and oxygen atoms in total. The van der Waals surface area contributed by atoms with Gasteiger partial charge in [0.1, 0.15) is 6.54 Å². The molecule has 0 spiro atoms. The van der Waals surface area contributed by atoms with E-state index >= 15 is 0 Å². The van der Waals surface area contributed by atoms with Crippen molar-refractivity contribution in [1.29, 1.82) is 0 Å². The highest BCUT2D eigenvalue weighted by molar-refractivity contribution is 7.90. The van der Waals surface area contributed by atoms with Gasteiger partial charge in [0.25, 0.3) is 0 Å². The van der Waals surface area contributed by atoms with Gasteiger partial charge in [0.05, 0.1) is 5.69 Å². The number of nitrogens with zero attached hydrogens (tertiary/aromatic N) is 2. The Bertz CT molecular complexity index is 907. The summed E-state index contributed by atoms with van der Waals surface area (Å²) < 4.78 is 27.9. The Hall–Kier alpha value is -2.38. The Balaban J connectivity index is 2.22. The average molecular weight is 390 g/mol. The number of anilines is 1. The third kappa shape index (κ3) is 5.30. The maximum absolute atomic E-state index is 12.8. The maximum Gasteiger partial charge on any atom is 0.304 e. The van der Waals surface area contributed by atoms with E-state index in [0.717, 1.165) is 30.9 Å². The van der Waals surface area contributed by atoms with Gasteiger partial charge in [0.15, 0.2) is 0 Å². The molecule has 0 saturated carbocycles. The standard InChI is InChI=1S/C20H27N3O3S/c1-15-7-10-18(11-8-15)13-21-20(24)14-23(27(25,26)22(4)5)19-12-16(2)6-9-17(19)3/h6-12H,13-14H2,1-5H3,(H,21,24). The second kappa shape index (κ2) is 8.54. The minimum atomic E-state index is -3.81. The van der Waals surface area contributed by atoms with Crippen LogP contribution in [0.25, 0.3) is 0 Å². The van der Waals surface area contributed by atoms with Crippen molar-refractivity contribution in [3.05, 3.63) is 64.7 Å². The van der Waals surface area contributed by atoms with Crippen molar-refractivity contribution in [3.8, 4) is 0 Å². The predicted octanol–water partition coefficient (Wildman–Crippen LogP) is 2.54. The molecule has 0 saturated heterocycles. The summed E-state index contributed by atoms with van der Waals surface area (Å²) in [5, 5.41) is 2.80. The second-order valence-corrected chi connectivity index (χ2v) is 8.92. The summed E-state index contributed by atoms with van der Waals surface area (Å²) in [6.07, 6.45) is 0. The van der Waals surface area contributed by atoms with E-state index in [1.54, 1.807) is 6.07 Å². The van der Waals surface area contributed by atoms with Crippen LogP contribution < -0.4 is 9.62 Å². The molecular weight excluding hydrogens is 362 g/mol. The van der Waals surface area contributed by atoms with Crippen molar-refractivity contribution < 1.29 is 13.2 Å². The lowest BCUT2D eigenvalue weighted by Gasteiger charge is -2.28.